The van der Waals surface area contributed by atoms with Crippen molar-refractivity contribution >= 4 is 11.3 Å². The fourth-order valence-electron chi connectivity index (χ4n) is 2.60. The van der Waals surface area contributed by atoms with Crippen molar-refractivity contribution < 1.29 is 0 Å². The number of rotatable bonds is 4. The van der Waals surface area contributed by atoms with Crippen LogP contribution in [0.4, 0.5) is 0 Å². The molecule has 1 aromatic rings. The topological polar surface area (TPSA) is 15.3 Å². The molecule has 0 amide bonds. The van der Waals surface area contributed by atoms with E-state index in [2.05, 4.69) is 41.7 Å². The number of nitrogens with zero attached hydrogens (tertiary/aromatic N) is 1. The molecule has 1 N–H and O–H groups in total. The van der Waals surface area contributed by atoms with Crippen LogP contribution in [0, 0.1) is 6.92 Å². The van der Waals surface area contributed by atoms with E-state index in [1.165, 1.54) is 37.1 Å². The minimum atomic E-state index is 0.600. The van der Waals surface area contributed by atoms with Crippen molar-refractivity contribution in [2.75, 3.05) is 13.1 Å². The summed E-state index contributed by atoms with van der Waals surface area (Å²) in [5.41, 5.74) is 2.97. The molecule has 0 radical (unpaired) electrons. The van der Waals surface area contributed by atoms with Gasteiger partial charge in [0.05, 0.1) is 0 Å². The molecule has 1 unspecified atom stereocenters. The molecule has 1 aliphatic rings. The van der Waals surface area contributed by atoms with Gasteiger partial charge in [-0.05, 0) is 48.2 Å². The Hall–Kier alpha value is -0.380. The summed E-state index contributed by atoms with van der Waals surface area (Å²) in [6.45, 7) is 10.3. The second kappa shape index (κ2) is 5.98. The Balaban J connectivity index is 1.87. The maximum Gasteiger partial charge on any atom is 0.0245 e. The highest BCUT2D eigenvalue weighted by molar-refractivity contribution is 7.08. The number of piperidine rings is 1. The number of hydrogen-bond donors (Lipinski definition) is 1. The zero-order valence-corrected chi connectivity index (χ0v) is 12.0. The van der Waals surface area contributed by atoms with Gasteiger partial charge in [-0.1, -0.05) is 13.8 Å². The summed E-state index contributed by atoms with van der Waals surface area (Å²) in [4.78, 5) is 2.60. The smallest absolute Gasteiger partial charge is 0.0245 e. The van der Waals surface area contributed by atoms with Gasteiger partial charge < -0.3 is 5.32 Å². The molecule has 3 heteroatoms. The summed E-state index contributed by atoms with van der Waals surface area (Å²) >= 11 is 1.82. The van der Waals surface area contributed by atoms with Crippen LogP contribution in [-0.4, -0.2) is 30.1 Å². The minimum absolute atomic E-state index is 0.600. The van der Waals surface area contributed by atoms with Crippen molar-refractivity contribution in [2.24, 2.45) is 0 Å². The fourth-order valence-corrected chi connectivity index (χ4v) is 3.44. The summed E-state index contributed by atoms with van der Waals surface area (Å²) in [5.74, 6) is 0. The molecular weight excluding hydrogens is 228 g/mol. The molecule has 1 saturated heterocycles. The van der Waals surface area contributed by atoms with Gasteiger partial charge in [-0.25, -0.2) is 0 Å². The molecule has 0 spiro atoms. The Morgan fingerprint density at radius 1 is 1.47 bits per heavy atom. The van der Waals surface area contributed by atoms with Crippen LogP contribution in [0.5, 0.6) is 0 Å². The first-order valence-electron chi connectivity index (χ1n) is 6.65. The number of aryl methyl sites for hydroxylation is 1. The zero-order chi connectivity index (χ0) is 12.3. The lowest BCUT2D eigenvalue weighted by atomic mass is 10.0. The molecule has 2 rings (SSSR count). The predicted octanol–water partition coefficient (Wildman–Crippen LogP) is 3.02. The van der Waals surface area contributed by atoms with Crippen LogP contribution in [-0.2, 0) is 6.54 Å². The van der Waals surface area contributed by atoms with E-state index in [4.69, 9.17) is 0 Å². The summed E-state index contributed by atoms with van der Waals surface area (Å²) in [7, 11) is 0. The molecule has 0 saturated carbocycles. The van der Waals surface area contributed by atoms with Crippen molar-refractivity contribution in [3.05, 3.63) is 21.9 Å². The first-order chi connectivity index (χ1) is 8.15. The molecule has 0 aromatic carbocycles. The summed E-state index contributed by atoms with van der Waals surface area (Å²) in [6.07, 6.45) is 2.66. The van der Waals surface area contributed by atoms with Crippen molar-refractivity contribution in [1.82, 2.24) is 10.2 Å². The molecule has 1 aliphatic heterocycles. The monoisotopic (exact) mass is 252 g/mol. The van der Waals surface area contributed by atoms with E-state index in [-0.39, 0.29) is 0 Å². The Morgan fingerprint density at radius 3 is 2.94 bits per heavy atom. The first kappa shape index (κ1) is 13.1. The lowest BCUT2D eigenvalue weighted by Crippen LogP contribution is -2.47. The van der Waals surface area contributed by atoms with E-state index < -0.39 is 0 Å². The third-order valence-electron chi connectivity index (χ3n) is 3.43. The fraction of sp³-hybridized carbons (Fsp3) is 0.714. The number of hydrogen-bond acceptors (Lipinski definition) is 3. The van der Waals surface area contributed by atoms with E-state index >= 15 is 0 Å². The molecule has 0 bridgehead atoms. The van der Waals surface area contributed by atoms with E-state index in [1.807, 2.05) is 11.3 Å². The quantitative estimate of drug-likeness (QED) is 0.886. The van der Waals surface area contributed by atoms with E-state index in [1.54, 1.807) is 0 Å². The molecule has 1 aromatic heterocycles. The highest BCUT2D eigenvalue weighted by Gasteiger charge is 2.20. The van der Waals surface area contributed by atoms with Gasteiger partial charge in [0.15, 0.2) is 0 Å². The van der Waals surface area contributed by atoms with Crippen LogP contribution in [0.2, 0.25) is 0 Å². The van der Waals surface area contributed by atoms with Crippen molar-refractivity contribution in [3.63, 3.8) is 0 Å². The van der Waals surface area contributed by atoms with Gasteiger partial charge in [0.25, 0.3) is 0 Å². The Bertz CT molecular complexity index is 346. The normalized spacial score (nSPS) is 22.2. The number of nitrogens with one attached hydrogen (secondary N) is 1. The van der Waals surface area contributed by atoms with Crippen molar-refractivity contribution in [1.29, 1.82) is 0 Å². The molecule has 1 atom stereocenters. The predicted molar refractivity (Wildman–Crippen MR) is 75.6 cm³/mol. The van der Waals surface area contributed by atoms with Gasteiger partial charge >= 0.3 is 0 Å². The summed E-state index contributed by atoms with van der Waals surface area (Å²) in [5, 5.41) is 8.22. The Kier molecular flexibility index (Phi) is 4.60. The average molecular weight is 252 g/mol. The van der Waals surface area contributed by atoms with Crippen molar-refractivity contribution in [3.8, 4) is 0 Å². The summed E-state index contributed by atoms with van der Waals surface area (Å²) < 4.78 is 0. The maximum atomic E-state index is 3.67. The SMILES string of the molecule is Cc1cscc1CN1CCCC(NC(C)C)C1. The molecular formula is C14H24N2S. The summed E-state index contributed by atoms with van der Waals surface area (Å²) in [6, 6.07) is 1.28. The maximum absolute atomic E-state index is 3.67. The standard InChI is InChI=1S/C14H24N2S/c1-11(2)15-14-5-4-6-16(8-14)7-13-10-17-9-12(13)3/h9-11,14-15H,4-8H2,1-3H3. The van der Waals surface area contributed by atoms with Crippen molar-refractivity contribution in [2.45, 2.75) is 52.2 Å². The highest BCUT2D eigenvalue weighted by atomic mass is 32.1. The minimum Gasteiger partial charge on any atom is -0.311 e. The van der Waals surface area contributed by atoms with Gasteiger partial charge in [0, 0.05) is 25.2 Å². The third-order valence-corrected chi connectivity index (χ3v) is 4.34. The molecule has 2 nitrogen and oxygen atoms in total. The molecule has 1 fully saturated rings. The molecule has 17 heavy (non-hydrogen) atoms. The zero-order valence-electron chi connectivity index (χ0n) is 11.2. The van der Waals surface area contributed by atoms with Crippen LogP contribution in [0.25, 0.3) is 0 Å². The highest BCUT2D eigenvalue weighted by Crippen LogP contribution is 2.19. The number of thiophene rings is 1. The Labute approximate surface area is 109 Å². The largest absolute Gasteiger partial charge is 0.311 e. The molecule has 0 aliphatic carbocycles. The van der Waals surface area contributed by atoms with Crippen LogP contribution in [0.15, 0.2) is 10.8 Å². The van der Waals surface area contributed by atoms with Gasteiger partial charge in [-0.2, -0.15) is 11.3 Å². The van der Waals surface area contributed by atoms with Gasteiger partial charge in [-0.3, -0.25) is 4.90 Å². The Morgan fingerprint density at radius 2 is 2.29 bits per heavy atom. The van der Waals surface area contributed by atoms with Crippen LogP contribution in [0.3, 0.4) is 0 Å². The van der Waals surface area contributed by atoms with Crippen LogP contribution in [0.1, 0.15) is 37.8 Å². The van der Waals surface area contributed by atoms with Crippen LogP contribution < -0.4 is 5.32 Å². The van der Waals surface area contributed by atoms with E-state index in [0.717, 1.165) is 6.54 Å². The van der Waals surface area contributed by atoms with Gasteiger partial charge in [0.2, 0.25) is 0 Å². The first-order valence-corrected chi connectivity index (χ1v) is 7.59. The molecule has 96 valence electrons. The van der Waals surface area contributed by atoms with Crippen LogP contribution >= 0.6 is 11.3 Å². The van der Waals surface area contributed by atoms with E-state index in [9.17, 15) is 0 Å². The third kappa shape index (κ3) is 3.80. The van der Waals surface area contributed by atoms with E-state index in [0.29, 0.717) is 12.1 Å². The van der Waals surface area contributed by atoms with Gasteiger partial charge in [-0.15, -0.1) is 0 Å². The average Bonchev–Trinajstić information content (AvgIpc) is 2.64. The second-order valence-electron chi connectivity index (χ2n) is 5.48. The molecule has 2 heterocycles. The second-order valence-corrected chi connectivity index (χ2v) is 6.22. The van der Waals surface area contributed by atoms with Gasteiger partial charge in [0.1, 0.15) is 0 Å². The number of likely N-dealkylation sites (tertiary alicyclic amines) is 1. The lowest BCUT2D eigenvalue weighted by molar-refractivity contribution is 0.178. The lowest BCUT2D eigenvalue weighted by Gasteiger charge is -2.34.